The van der Waals surface area contributed by atoms with Crippen molar-refractivity contribution in [1.29, 1.82) is 0 Å². The first-order valence-corrected chi connectivity index (χ1v) is 9.37. The molecule has 1 aromatic rings. The molecule has 3 aliphatic rings. The Morgan fingerprint density at radius 2 is 1.88 bits per heavy atom. The zero-order chi connectivity index (χ0) is 18.1. The van der Waals surface area contributed by atoms with Gasteiger partial charge in [0.1, 0.15) is 6.10 Å². The van der Waals surface area contributed by atoms with Gasteiger partial charge in [0.2, 0.25) is 0 Å². The van der Waals surface area contributed by atoms with Gasteiger partial charge in [0.25, 0.3) is 0 Å². The van der Waals surface area contributed by atoms with E-state index < -0.39 is 17.9 Å². The number of hydrazone groups is 1. The summed E-state index contributed by atoms with van der Waals surface area (Å²) in [5.41, 5.74) is 3.70. The minimum absolute atomic E-state index is 0.486. The quantitative estimate of drug-likeness (QED) is 0.616. The number of β-amino-alcohol motifs (C(OH)–C–C–N with tert-alkyl or cyclic N) is 1. The minimum Gasteiger partial charge on any atom is -0.390 e. The molecule has 0 radical (unpaired) electrons. The smallest absolute Gasteiger partial charge is 0.159 e. The number of aliphatic hydroxyl groups excluding tert-OH is 2. The first-order chi connectivity index (χ1) is 12.5. The minimum atomic E-state index is -0.778. The number of hydrogen-bond donors (Lipinski definition) is 4. The third kappa shape index (κ3) is 3.83. The van der Waals surface area contributed by atoms with Crippen molar-refractivity contribution in [1.82, 2.24) is 10.3 Å². The molecule has 2 heterocycles. The average molecular weight is 357 g/mol. The van der Waals surface area contributed by atoms with E-state index in [0.717, 1.165) is 32.4 Å². The van der Waals surface area contributed by atoms with Gasteiger partial charge in [0.05, 0.1) is 11.3 Å². The fourth-order valence-electron chi connectivity index (χ4n) is 4.76. The number of nitrogens with zero attached hydrogens (tertiary/aromatic N) is 2. The van der Waals surface area contributed by atoms with E-state index in [0.29, 0.717) is 24.1 Å². The van der Waals surface area contributed by atoms with Crippen LogP contribution in [0.1, 0.15) is 18.4 Å². The molecule has 4 N–H and O–H groups in total. The maximum absolute atomic E-state index is 11.0. The second-order valence-corrected chi connectivity index (χ2v) is 8.02. The van der Waals surface area contributed by atoms with Gasteiger partial charge in [-0.05, 0) is 42.4 Å². The van der Waals surface area contributed by atoms with Crippen molar-refractivity contribution in [2.75, 3.05) is 19.6 Å². The molecular weight excluding hydrogens is 330 g/mol. The molecular formula is C20H27N3O3. The molecule has 6 nitrogen and oxygen atoms in total. The van der Waals surface area contributed by atoms with Crippen molar-refractivity contribution < 1.29 is 15.3 Å². The molecule has 2 aliphatic heterocycles. The van der Waals surface area contributed by atoms with E-state index in [2.05, 4.69) is 27.6 Å². The van der Waals surface area contributed by atoms with E-state index in [4.69, 9.17) is 0 Å². The van der Waals surface area contributed by atoms with E-state index in [1.165, 1.54) is 5.56 Å². The first kappa shape index (κ1) is 17.7. The van der Waals surface area contributed by atoms with Crippen LogP contribution in [0.2, 0.25) is 0 Å². The van der Waals surface area contributed by atoms with Crippen molar-refractivity contribution in [3.8, 4) is 0 Å². The van der Waals surface area contributed by atoms with E-state index in [9.17, 15) is 15.3 Å². The normalized spacial score (nSPS) is 35.0. The number of fused-ring (bicyclic) bond motifs is 1. The topological polar surface area (TPSA) is 88.3 Å². The molecule has 26 heavy (non-hydrogen) atoms. The van der Waals surface area contributed by atoms with Crippen molar-refractivity contribution in [3.05, 3.63) is 48.0 Å². The first-order valence-electron chi connectivity index (χ1n) is 9.37. The van der Waals surface area contributed by atoms with Crippen LogP contribution in [0.25, 0.3) is 0 Å². The molecule has 0 aromatic heterocycles. The van der Waals surface area contributed by atoms with Crippen molar-refractivity contribution in [2.45, 2.75) is 37.2 Å². The molecule has 6 heteroatoms. The lowest BCUT2D eigenvalue weighted by Crippen LogP contribution is -2.39. The van der Waals surface area contributed by atoms with Crippen LogP contribution in [0.15, 0.2) is 47.6 Å². The van der Waals surface area contributed by atoms with Crippen LogP contribution < -0.4 is 5.43 Å². The molecule has 1 saturated carbocycles. The zero-order valence-electron chi connectivity index (χ0n) is 14.8. The second kappa shape index (κ2) is 7.12. The van der Waals surface area contributed by atoms with E-state index >= 15 is 0 Å². The molecule has 140 valence electrons. The molecule has 1 saturated heterocycles. The van der Waals surface area contributed by atoms with Gasteiger partial charge in [-0.2, -0.15) is 5.10 Å². The Bertz CT molecular complexity index is 677. The summed E-state index contributed by atoms with van der Waals surface area (Å²) in [7, 11) is 0. The second-order valence-electron chi connectivity index (χ2n) is 8.02. The summed E-state index contributed by atoms with van der Waals surface area (Å²) in [6.45, 7) is 2.35. The fourth-order valence-corrected chi connectivity index (χ4v) is 4.76. The lowest BCUT2D eigenvalue weighted by atomic mass is 9.91. The van der Waals surface area contributed by atoms with Gasteiger partial charge in [-0.15, -0.1) is 0 Å². The Hall–Kier alpha value is -1.73. The number of rotatable bonds is 5. The lowest BCUT2D eigenvalue weighted by Gasteiger charge is -2.27. The maximum Gasteiger partial charge on any atom is 0.159 e. The molecule has 5 atom stereocenters. The van der Waals surface area contributed by atoms with Gasteiger partial charge < -0.3 is 15.3 Å². The Balaban J connectivity index is 1.30. The van der Waals surface area contributed by atoms with E-state index in [-0.39, 0.29) is 0 Å². The number of aliphatic hydroxyl groups is 3. The summed E-state index contributed by atoms with van der Waals surface area (Å²) in [4.78, 5) is 2.27. The third-order valence-corrected chi connectivity index (χ3v) is 5.86. The SMILES string of the molecule is OC1C=CC(C(O)CN2C[C@@H]3CC(O)(Cc4ccccc4)C[C@@H]3C2)=NN1. The van der Waals surface area contributed by atoms with Gasteiger partial charge in [-0.1, -0.05) is 30.3 Å². The molecule has 0 amide bonds. The van der Waals surface area contributed by atoms with Gasteiger partial charge in [0.15, 0.2) is 6.23 Å². The molecule has 1 aromatic carbocycles. The number of benzene rings is 1. The van der Waals surface area contributed by atoms with Crippen molar-refractivity contribution in [2.24, 2.45) is 16.9 Å². The van der Waals surface area contributed by atoms with E-state index in [1.807, 2.05) is 18.2 Å². The standard InChI is InChI=1S/C20H27N3O3/c24-18(17-6-7-19(25)22-21-17)13-23-11-15-9-20(26,10-16(15)12-23)8-14-4-2-1-3-5-14/h1-7,15-16,18-19,22,24-26H,8-13H2/t15-,16+,18?,19?,20?. The molecule has 0 spiro atoms. The Labute approximate surface area is 153 Å². The Morgan fingerprint density at radius 1 is 1.19 bits per heavy atom. The largest absolute Gasteiger partial charge is 0.390 e. The molecule has 4 rings (SSSR count). The lowest BCUT2D eigenvalue weighted by molar-refractivity contribution is 0.0342. The highest BCUT2D eigenvalue weighted by atomic mass is 16.3. The Morgan fingerprint density at radius 3 is 2.50 bits per heavy atom. The molecule has 0 bridgehead atoms. The van der Waals surface area contributed by atoms with Crippen LogP contribution in [0.4, 0.5) is 0 Å². The van der Waals surface area contributed by atoms with Gasteiger partial charge in [-0.25, -0.2) is 0 Å². The van der Waals surface area contributed by atoms with Gasteiger partial charge >= 0.3 is 0 Å². The summed E-state index contributed by atoms with van der Waals surface area (Å²) in [6.07, 6.45) is 4.17. The maximum atomic E-state index is 11.0. The van der Waals surface area contributed by atoms with Crippen LogP contribution in [-0.4, -0.2) is 63.5 Å². The van der Waals surface area contributed by atoms with Crippen molar-refractivity contribution in [3.63, 3.8) is 0 Å². The Kier molecular flexibility index (Phi) is 4.84. The van der Waals surface area contributed by atoms with Crippen LogP contribution >= 0.6 is 0 Å². The van der Waals surface area contributed by atoms with Gasteiger partial charge in [-0.3, -0.25) is 10.3 Å². The fraction of sp³-hybridized carbons (Fsp3) is 0.550. The highest BCUT2D eigenvalue weighted by Crippen LogP contribution is 2.45. The predicted octanol–water partition coefficient (Wildman–Crippen LogP) is 0.497. The highest BCUT2D eigenvalue weighted by Gasteiger charge is 2.48. The predicted molar refractivity (Wildman–Crippen MR) is 99.5 cm³/mol. The summed E-state index contributed by atoms with van der Waals surface area (Å²) in [6, 6.07) is 10.2. The summed E-state index contributed by atoms with van der Waals surface area (Å²) < 4.78 is 0. The number of nitrogens with one attached hydrogen (secondary N) is 1. The van der Waals surface area contributed by atoms with E-state index in [1.54, 1.807) is 12.2 Å². The van der Waals surface area contributed by atoms with Crippen LogP contribution in [0.5, 0.6) is 0 Å². The monoisotopic (exact) mass is 357 g/mol. The average Bonchev–Trinajstić information content (AvgIpc) is 3.10. The van der Waals surface area contributed by atoms with Crippen LogP contribution in [-0.2, 0) is 6.42 Å². The molecule has 2 fully saturated rings. The van der Waals surface area contributed by atoms with Crippen molar-refractivity contribution >= 4 is 5.71 Å². The molecule has 1 aliphatic carbocycles. The van der Waals surface area contributed by atoms with Crippen LogP contribution in [0.3, 0.4) is 0 Å². The highest BCUT2D eigenvalue weighted by molar-refractivity contribution is 5.98. The van der Waals surface area contributed by atoms with Gasteiger partial charge in [0, 0.05) is 26.1 Å². The number of likely N-dealkylation sites (tertiary alicyclic amines) is 1. The number of hydrogen-bond acceptors (Lipinski definition) is 6. The molecule has 3 unspecified atom stereocenters. The summed E-state index contributed by atoms with van der Waals surface area (Å²) in [5.74, 6) is 0.972. The van der Waals surface area contributed by atoms with Crippen LogP contribution in [0, 0.1) is 11.8 Å². The zero-order valence-corrected chi connectivity index (χ0v) is 14.8. The summed E-state index contributed by atoms with van der Waals surface area (Å²) >= 11 is 0. The third-order valence-electron chi connectivity index (χ3n) is 5.86. The summed E-state index contributed by atoms with van der Waals surface area (Å²) in [5, 5.41) is 34.7.